The molecule has 0 fully saturated rings. The number of methoxy groups -OCH3 is 3. The quantitative estimate of drug-likeness (QED) is 0.349. The van der Waals surface area contributed by atoms with Gasteiger partial charge in [0.15, 0.2) is 11.5 Å². The van der Waals surface area contributed by atoms with Crippen molar-refractivity contribution in [3.63, 3.8) is 0 Å². The van der Waals surface area contributed by atoms with Crippen LogP contribution in [0.4, 0.5) is 0 Å². The first-order valence-electron chi connectivity index (χ1n) is 10.6. The highest BCUT2D eigenvalue weighted by molar-refractivity contribution is 6.35. The van der Waals surface area contributed by atoms with Crippen molar-refractivity contribution in [2.24, 2.45) is 0 Å². The second-order valence-electron chi connectivity index (χ2n) is 8.02. The van der Waals surface area contributed by atoms with E-state index in [1.54, 1.807) is 27.4 Å². The van der Waals surface area contributed by atoms with Gasteiger partial charge in [-0.3, -0.25) is 0 Å². The Kier molecular flexibility index (Phi) is 5.87. The summed E-state index contributed by atoms with van der Waals surface area (Å²) in [6.45, 7) is 0.706. The summed E-state index contributed by atoms with van der Waals surface area (Å²) in [6.07, 6.45) is 0. The highest BCUT2D eigenvalue weighted by Gasteiger charge is 2.34. The van der Waals surface area contributed by atoms with E-state index in [2.05, 4.69) is 28.5 Å². The van der Waals surface area contributed by atoms with Crippen molar-refractivity contribution >= 4 is 34.1 Å². The van der Waals surface area contributed by atoms with Gasteiger partial charge < -0.3 is 24.5 Å². The highest BCUT2D eigenvalue weighted by Crippen LogP contribution is 2.46. The van der Waals surface area contributed by atoms with Crippen molar-refractivity contribution < 1.29 is 14.2 Å². The summed E-state index contributed by atoms with van der Waals surface area (Å²) in [7, 11) is 4.86. The van der Waals surface area contributed by atoms with Gasteiger partial charge in [0.2, 0.25) is 5.75 Å². The van der Waals surface area contributed by atoms with Crippen molar-refractivity contribution in [2.75, 3.05) is 27.9 Å². The zero-order valence-electron chi connectivity index (χ0n) is 18.5. The number of ether oxygens (including phenoxy) is 3. The van der Waals surface area contributed by atoms with Crippen LogP contribution >= 0.6 is 23.2 Å². The van der Waals surface area contributed by atoms with Gasteiger partial charge in [0, 0.05) is 39.1 Å². The summed E-state index contributed by atoms with van der Waals surface area (Å²) < 4.78 is 16.7. The number of hydrogen-bond donors (Lipinski definition) is 2. The third-order valence-corrected chi connectivity index (χ3v) is 6.86. The Morgan fingerprint density at radius 3 is 2.27 bits per heavy atom. The van der Waals surface area contributed by atoms with Crippen LogP contribution in [0.25, 0.3) is 10.9 Å². The first kappa shape index (κ1) is 22.0. The number of aromatic nitrogens is 1. The van der Waals surface area contributed by atoms with Crippen molar-refractivity contribution in [1.82, 2.24) is 10.3 Å². The van der Waals surface area contributed by atoms with Gasteiger partial charge in [-0.25, -0.2) is 0 Å². The van der Waals surface area contributed by atoms with Gasteiger partial charge in [-0.15, -0.1) is 0 Å². The summed E-state index contributed by atoms with van der Waals surface area (Å²) in [6, 6.07) is 17.9. The van der Waals surface area contributed by atoms with Crippen LogP contribution in [0, 0.1) is 0 Å². The van der Waals surface area contributed by atoms with Crippen LogP contribution in [-0.2, 0) is 0 Å². The summed E-state index contributed by atoms with van der Waals surface area (Å²) in [5.41, 5.74) is 5.46. The number of benzene rings is 3. The molecule has 1 aromatic heterocycles. The first-order chi connectivity index (χ1) is 16.0. The van der Waals surface area contributed by atoms with Crippen molar-refractivity contribution in [3.05, 3.63) is 87.0 Å². The fraction of sp³-hybridized carbons (Fsp3) is 0.231. The average Bonchev–Trinajstić information content (AvgIpc) is 3.22. The molecule has 2 heterocycles. The van der Waals surface area contributed by atoms with Crippen molar-refractivity contribution in [2.45, 2.75) is 12.0 Å². The maximum Gasteiger partial charge on any atom is 0.203 e. The van der Waals surface area contributed by atoms with Gasteiger partial charge in [0.25, 0.3) is 0 Å². The Balaban J connectivity index is 1.70. The van der Waals surface area contributed by atoms with Crippen LogP contribution in [0.1, 0.15) is 34.3 Å². The molecular formula is C26H24Cl2N2O3. The number of halogens is 2. The molecule has 2 N–H and O–H groups in total. The largest absolute Gasteiger partial charge is 0.493 e. The van der Waals surface area contributed by atoms with E-state index in [0.717, 1.165) is 22.3 Å². The normalized spacial score (nSPS) is 17.6. The third kappa shape index (κ3) is 3.70. The van der Waals surface area contributed by atoms with E-state index in [0.29, 0.717) is 33.8 Å². The molecule has 4 aromatic rings. The lowest BCUT2D eigenvalue weighted by molar-refractivity contribution is 0.323. The van der Waals surface area contributed by atoms with Gasteiger partial charge >= 0.3 is 0 Å². The lowest BCUT2D eigenvalue weighted by atomic mass is 9.83. The molecule has 5 nitrogen and oxygen atoms in total. The molecule has 33 heavy (non-hydrogen) atoms. The monoisotopic (exact) mass is 482 g/mol. The highest BCUT2D eigenvalue weighted by atomic mass is 35.5. The Morgan fingerprint density at radius 1 is 0.879 bits per heavy atom. The maximum atomic E-state index is 6.64. The number of hydrogen-bond acceptors (Lipinski definition) is 4. The molecule has 5 rings (SSSR count). The second kappa shape index (κ2) is 8.82. The topological polar surface area (TPSA) is 55.5 Å². The summed E-state index contributed by atoms with van der Waals surface area (Å²) in [5, 5.41) is 6.18. The molecule has 0 aliphatic carbocycles. The Morgan fingerprint density at radius 2 is 1.61 bits per heavy atom. The maximum absolute atomic E-state index is 6.64. The minimum Gasteiger partial charge on any atom is -0.493 e. The molecule has 1 aliphatic heterocycles. The molecule has 0 bridgehead atoms. The number of fused-ring (bicyclic) bond motifs is 3. The van der Waals surface area contributed by atoms with Crippen LogP contribution in [0.2, 0.25) is 10.0 Å². The van der Waals surface area contributed by atoms with E-state index in [9.17, 15) is 0 Å². The summed E-state index contributed by atoms with van der Waals surface area (Å²) in [5.74, 6) is 1.88. The smallest absolute Gasteiger partial charge is 0.203 e. The summed E-state index contributed by atoms with van der Waals surface area (Å²) in [4.78, 5) is 3.65. The molecule has 1 aliphatic rings. The molecular weight excluding hydrogens is 459 g/mol. The molecule has 0 amide bonds. The fourth-order valence-corrected chi connectivity index (χ4v) is 5.37. The van der Waals surface area contributed by atoms with E-state index in [4.69, 9.17) is 37.4 Å². The number of nitrogens with one attached hydrogen (secondary N) is 2. The summed E-state index contributed by atoms with van der Waals surface area (Å²) >= 11 is 12.8. The Bertz CT molecular complexity index is 1310. The molecule has 2 atom stereocenters. The molecule has 3 aromatic carbocycles. The number of aromatic amines is 1. The van der Waals surface area contributed by atoms with E-state index < -0.39 is 0 Å². The minimum absolute atomic E-state index is 0.0687. The molecule has 0 saturated carbocycles. The lowest BCUT2D eigenvalue weighted by Crippen LogP contribution is -2.34. The van der Waals surface area contributed by atoms with E-state index in [1.807, 2.05) is 30.3 Å². The molecule has 0 unspecified atom stereocenters. The van der Waals surface area contributed by atoms with Gasteiger partial charge in [0.1, 0.15) is 0 Å². The van der Waals surface area contributed by atoms with E-state index >= 15 is 0 Å². The van der Waals surface area contributed by atoms with Gasteiger partial charge in [-0.05, 0) is 47.0 Å². The average molecular weight is 483 g/mol. The van der Waals surface area contributed by atoms with Gasteiger partial charge in [-0.2, -0.15) is 0 Å². The third-order valence-electron chi connectivity index (χ3n) is 6.30. The number of H-pyrrole nitrogens is 1. The Labute approximate surface area is 202 Å². The molecule has 0 radical (unpaired) electrons. The molecule has 170 valence electrons. The van der Waals surface area contributed by atoms with Crippen molar-refractivity contribution in [1.29, 1.82) is 0 Å². The standard InChI is InChI=1S/C26H24Cl2N2O3/c1-31-21-10-14(11-22(32-2)26(21)33-3)24-25-23(17-6-4-5-7-20(17)30-25)18(13-29-24)16-9-8-15(27)12-19(16)28/h4-12,18,24,29-30H,13H2,1-3H3/t18-,24+/m0/s1. The lowest BCUT2D eigenvalue weighted by Gasteiger charge is -2.32. The molecule has 7 heteroatoms. The van der Waals surface area contributed by atoms with Crippen LogP contribution in [0.3, 0.4) is 0 Å². The number of rotatable bonds is 5. The van der Waals surface area contributed by atoms with Crippen LogP contribution in [0.15, 0.2) is 54.6 Å². The second-order valence-corrected chi connectivity index (χ2v) is 8.86. The Hall–Kier alpha value is -2.86. The van der Waals surface area contributed by atoms with Crippen molar-refractivity contribution in [3.8, 4) is 17.2 Å². The predicted octanol–water partition coefficient (Wildman–Crippen LogP) is 6.33. The van der Waals surface area contributed by atoms with Gasteiger partial charge in [0.05, 0.1) is 27.4 Å². The fourth-order valence-electron chi connectivity index (χ4n) is 4.83. The molecule has 0 saturated heterocycles. The van der Waals surface area contributed by atoms with Gasteiger partial charge in [-0.1, -0.05) is 47.5 Å². The SMILES string of the molecule is COc1cc([C@H]2NC[C@@H](c3ccc(Cl)cc3Cl)c3c2[nH]c2ccccc32)cc(OC)c1OC. The van der Waals surface area contributed by atoms with Crippen LogP contribution < -0.4 is 19.5 Å². The number of para-hydroxylation sites is 1. The van der Waals surface area contributed by atoms with Crippen LogP contribution in [0.5, 0.6) is 17.2 Å². The minimum atomic E-state index is -0.0940. The van der Waals surface area contributed by atoms with Crippen LogP contribution in [-0.4, -0.2) is 32.9 Å². The van der Waals surface area contributed by atoms with E-state index in [1.165, 1.54) is 10.9 Å². The molecule has 0 spiro atoms. The predicted molar refractivity (Wildman–Crippen MR) is 133 cm³/mol. The zero-order chi connectivity index (χ0) is 23.1. The van der Waals surface area contributed by atoms with E-state index in [-0.39, 0.29) is 12.0 Å². The zero-order valence-corrected chi connectivity index (χ0v) is 20.1. The first-order valence-corrected chi connectivity index (χ1v) is 11.4.